The molecule has 0 spiro atoms. The molecule has 4 aromatic rings. The topological polar surface area (TPSA) is 93.2 Å². The Balaban J connectivity index is 1.52. The molecule has 8 heteroatoms. The van der Waals surface area contributed by atoms with Crippen molar-refractivity contribution in [3.05, 3.63) is 60.7 Å². The third-order valence-electron chi connectivity index (χ3n) is 6.02. The van der Waals surface area contributed by atoms with Crippen LogP contribution in [-0.2, 0) is 7.05 Å². The fraction of sp³-hybridized carbons (Fsp3) is 0.250. The van der Waals surface area contributed by atoms with Crippen molar-refractivity contribution in [1.29, 1.82) is 0 Å². The van der Waals surface area contributed by atoms with E-state index in [1.165, 1.54) is 0 Å². The molecule has 1 saturated heterocycles. The van der Waals surface area contributed by atoms with Gasteiger partial charge < -0.3 is 15.5 Å². The van der Waals surface area contributed by atoms with Crippen LogP contribution in [0.5, 0.6) is 0 Å². The number of fused-ring (bicyclic) bond motifs is 1. The summed E-state index contributed by atoms with van der Waals surface area (Å²) in [6.45, 7) is 3.18. The number of carbonyl (C=O) groups excluding carboxylic acids is 1. The summed E-state index contributed by atoms with van der Waals surface area (Å²) in [5.74, 6) is 0.357. The van der Waals surface area contributed by atoms with Crippen LogP contribution in [0.2, 0.25) is 0 Å². The van der Waals surface area contributed by atoms with Crippen molar-refractivity contribution in [1.82, 2.24) is 29.5 Å². The summed E-state index contributed by atoms with van der Waals surface area (Å²) < 4.78 is 1.78. The number of anilines is 1. The largest absolute Gasteiger partial charge is 0.382 e. The molecule has 0 bridgehead atoms. The second kappa shape index (κ2) is 8.05. The van der Waals surface area contributed by atoms with Crippen molar-refractivity contribution in [2.45, 2.75) is 0 Å². The number of aromatic nitrogens is 4. The summed E-state index contributed by atoms with van der Waals surface area (Å²) >= 11 is 0. The lowest BCUT2D eigenvalue weighted by atomic mass is 9.99. The van der Waals surface area contributed by atoms with Crippen LogP contribution in [-0.4, -0.2) is 68.7 Å². The van der Waals surface area contributed by atoms with Crippen LogP contribution >= 0.6 is 0 Å². The number of nitrogens with two attached hydrogens (primary N) is 1. The van der Waals surface area contributed by atoms with Crippen molar-refractivity contribution < 1.29 is 4.79 Å². The molecule has 0 aliphatic carbocycles. The number of amides is 1. The second-order valence-corrected chi connectivity index (χ2v) is 8.25. The summed E-state index contributed by atoms with van der Waals surface area (Å²) in [7, 11) is 3.97. The minimum absolute atomic E-state index is 0.000703. The zero-order valence-electron chi connectivity index (χ0n) is 18.2. The smallest absolute Gasteiger partial charge is 0.255 e. The first-order chi connectivity index (χ1) is 15.5. The molecular weight excluding hydrogens is 402 g/mol. The molecular formula is C24H25N7O. The number of piperazine rings is 1. The summed E-state index contributed by atoms with van der Waals surface area (Å²) in [5, 5.41) is 5.06. The lowest BCUT2D eigenvalue weighted by Gasteiger charge is -2.32. The van der Waals surface area contributed by atoms with Crippen molar-refractivity contribution in [3.63, 3.8) is 0 Å². The van der Waals surface area contributed by atoms with E-state index >= 15 is 0 Å². The highest BCUT2D eigenvalue weighted by Gasteiger charge is 2.21. The first-order valence-corrected chi connectivity index (χ1v) is 10.6. The number of hydrogen-bond donors (Lipinski definition) is 1. The van der Waals surface area contributed by atoms with Crippen LogP contribution in [0.15, 0.2) is 55.1 Å². The molecule has 1 aliphatic heterocycles. The van der Waals surface area contributed by atoms with E-state index in [4.69, 9.17) is 5.73 Å². The standard InChI is InChI=1S/C24H25N7O/c1-29-7-9-31(10-8-29)24(32)18-11-20-21(14-27-23(25)22(20)26-12-18)17-5-3-16(4-6-17)19-13-28-30(2)15-19/h3-6,11-15H,7-10H2,1-2H3,(H2,25,27). The predicted molar refractivity (Wildman–Crippen MR) is 125 cm³/mol. The average Bonchev–Trinajstić information content (AvgIpc) is 3.25. The summed E-state index contributed by atoms with van der Waals surface area (Å²) in [4.78, 5) is 26.1. The number of carbonyl (C=O) groups is 1. The van der Waals surface area contributed by atoms with E-state index in [1.54, 1.807) is 17.1 Å². The van der Waals surface area contributed by atoms with Gasteiger partial charge in [-0.2, -0.15) is 5.10 Å². The highest BCUT2D eigenvalue weighted by Crippen LogP contribution is 2.32. The van der Waals surface area contributed by atoms with Gasteiger partial charge in [-0.05, 0) is 24.2 Å². The molecule has 5 rings (SSSR count). The van der Waals surface area contributed by atoms with Crippen LogP contribution in [0.25, 0.3) is 33.2 Å². The Hall–Kier alpha value is -3.78. The van der Waals surface area contributed by atoms with Crippen LogP contribution in [0.1, 0.15) is 10.4 Å². The van der Waals surface area contributed by atoms with Gasteiger partial charge in [0.05, 0.1) is 11.8 Å². The Labute approximate surface area is 186 Å². The lowest BCUT2D eigenvalue weighted by molar-refractivity contribution is 0.0664. The normalized spacial score (nSPS) is 14.8. The average molecular weight is 428 g/mol. The first kappa shape index (κ1) is 20.1. The maximum Gasteiger partial charge on any atom is 0.255 e. The maximum absolute atomic E-state index is 13.1. The Morgan fingerprint density at radius 1 is 0.906 bits per heavy atom. The Morgan fingerprint density at radius 2 is 1.62 bits per heavy atom. The molecule has 4 heterocycles. The molecule has 0 unspecified atom stereocenters. The molecule has 2 N–H and O–H groups in total. The van der Waals surface area contributed by atoms with Crippen molar-refractivity contribution in [2.75, 3.05) is 39.0 Å². The molecule has 32 heavy (non-hydrogen) atoms. The summed E-state index contributed by atoms with van der Waals surface area (Å²) in [6, 6.07) is 10.1. The zero-order chi connectivity index (χ0) is 22.2. The molecule has 8 nitrogen and oxygen atoms in total. The van der Waals surface area contributed by atoms with E-state index in [9.17, 15) is 4.79 Å². The number of nitrogens with zero attached hydrogens (tertiary/aromatic N) is 6. The van der Waals surface area contributed by atoms with Gasteiger partial charge in [-0.3, -0.25) is 14.5 Å². The number of aryl methyl sites for hydroxylation is 1. The van der Waals surface area contributed by atoms with Gasteiger partial charge in [0, 0.05) is 68.3 Å². The van der Waals surface area contributed by atoms with E-state index in [0.29, 0.717) is 30.0 Å². The lowest BCUT2D eigenvalue weighted by Crippen LogP contribution is -2.47. The quantitative estimate of drug-likeness (QED) is 0.540. The Morgan fingerprint density at radius 3 is 2.31 bits per heavy atom. The van der Waals surface area contributed by atoms with Gasteiger partial charge in [0.2, 0.25) is 0 Å². The number of likely N-dealkylation sites (N-methyl/N-ethyl adjacent to an activating group) is 1. The van der Waals surface area contributed by atoms with Gasteiger partial charge in [-0.15, -0.1) is 0 Å². The Bertz CT molecular complexity index is 1290. The summed E-state index contributed by atoms with van der Waals surface area (Å²) in [6.07, 6.45) is 7.18. The van der Waals surface area contributed by atoms with Crippen LogP contribution < -0.4 is 5.73 Å². The van der Waals surface area contributed by atoms with Crippen molar-refractivity contribution >= 4 is 22.6 Å². The first-order valence-electron chi connectivity index (χ1n) is 10.6. The monoisotopic (exact) mass is 427 g/mol. The highest BCUT2D eigenvalue weighted by atomic mass is 16.2. The number of pyridine rings is 2. The SMILES string of the molecule is CN1CCN(C(=O)c2cnc3c(N)ncc(-c4ccc(-c5cnn(C)c5)cc4)c3c2)CC1. The van der Waals surface area contributed by atoms with Crippen molar-refractivity contribution in [2.24, 2.45) is 7.05 Å². The van der Waals surface area contributed by atoms with Gasteiger partial charge in [0.25, 0.3) is 5.91 Å². The number of rotatable bonds is 3. The van der Waals surface area contributed by atoms with Crippen LogP contribution in [0.4, 0.5) is 5.82 Å². The van der Waals surface area contributed by atoms with Crippen molar-refractivity contribution in [3.8, 4) is 22.3 Å². The number of hydrogen-bond acceptors (Lipinski definition) is 6. The molecule has 162 valence electrons. The van der Waals surface area contributed by atoms with Gasteiger partial charge in [-0.1, -0.05) is 24.3 Å². The fourth-order valence-corrected chi connectivity index (χ4v) is 4.09. The molecule has 1 aromatic carbocycles. The fourth-order valence-electron chi connectivity index (χ4n) is 4.09. The molecule has 0 atom stereocenters. The van der Waals surface area contributed by atoms with Gasteiger partial charge in [-0.25, -0.2) is 4.98 Å². The summed E-state index contributed by atoms with van der Waals surface area (Å²) in [5.41, 5.74) is 11.3. The highest BCUT2D eigenvalue weighted by molar-refractivity contribution is 6.04. The van der Waals surface area contributed by atoms with E-state index in [-0.39, 0.29) is 5.91 Å². The van der Waals surface area contributed by atoms with Gasteiger partial charge >= 0.3 is 0 Å². The minimum atomic E-state index is 0.000703. The van der Waals surface area contributed by atoms with E-state index in [1.807, 2.05) is 42.5 Å². The molecule has 1 amide bonds. The third-order valence-corrected chi connectivity index (χ3v) is 6.02. The van der Waals surface area contributed by atoms with Gasteiger partial charge in [0.15, 0.2) is 0 Å². The zero-order valence-corrected chi connectivity index (χ0v) is 18.2. The predicted octanol–water partition coefficient (Wildman–Crippen LogP) is 2.67. The van der Waals surface area contributed by atoms with E-state index in [2.05, 4.69) is 39.1 Å². The number of nitrogen functional groups attached to an aromatic ring is 1. The van der Waals surface area contributed by atoms with Crippen LogP contribution in [0.3, 0.4) is 0 Å². The Kier molecular flexibility index (Phi) is 5.07. The van der Waals surface area contributed by atoms with E-state index in [0.717, 1.165) is 40.7 Å². The van der Waals surface area contributed by atoms with Gasteiger partial charge in [0.1, 0.15) is 11.3 Å². The molecule has 0 radical (unpaired) electrons. The second-order valence-electron chi connectivity index (χ2n) is 8.25. The van der Waals surface area contributed by atoms with E-state index < -0.39 is 0 Å². The number of benzene rings is 1. The third kappa shape index (κ3) is 3.69. The molecule has 1 aliphatic rings. The minimum Gasteiger partial charge on any atom is -0.382 e. The van der Waals surface area contributed by atoms with Crippen LogP contribution in [0, 0.1) is 0 Å². The maximum atomic E-state index is 13.1. The molecule has 3 aromatic heterocycles. The molecule has 1 fully saturated rings. The molecule has 0 saturated carbocycles.